The van der Waals surface area contributed by atoms with E-state index in [-0.39, 0.29) is 0 Å². The molecule has 0 amide bonds. The molecule has 0 N–H and O–H groups in total. The quantitative estimate of drug-likeness (QED) is 0.552. The van der Waals surface area contributed by atoms with E-state index in [2.05, 4.69) is 18.7 Å². The van der Waals surface area contributed by atoms with Gasteiger partial charge in [-0.3, -0.25) is 0 Å². The van der Waals surface area contributed by atoms with Gasteiger partial charge in [-0.2, -0.15) is 0 Å². The largest absolute Gasteiger partial charge is 0.303 e. The Bertz CT molecular complexity index is 238. The highest BCUT2D eigenvalue weighted by Crippen LogP contribution is 2.32. The Morgan fingerprint density at radius 2 is 1.79 bits per heavy atom. The molecule has 3 atom stereocenters. The molecule has 0 aromatic rings. The SMILES string of the molecule is CCCCCCC[C@@H]1CCN(CC2CC[C@@H](C)C2)C1. The van der Waals surface area contributed by atoms with Gasteiger partial charge in [-0.1, -0.05) is 52.4 Å². The van der Waals surface area contributed by atoms with Crippen molar-refractivity contribution in [1.29, 1.82) is 0 Å². The second-order valence-corrected chi connectivity index (χ2v) is 7.40. The lowest BCUT2D eigenvalue weighted by atomic mass is 10.00. The van der Waals surface area contributed by atoms with E-state index in [0.717, 1.165) is 17.8 Å². The molecule has 0 aromatic carbocycles. The van der Waals surface area contributed by atoms with Crippen molar-refractivity contribution in [2.75, 3.05) is 19.6 Å². The van der Waals surface area contributed by atoms with E-state index in [9.17, 15) is 0 Å². The molecule has 1 saturated carbocycles. The average molecular weight is 265 g/mol. The van der Waals surface area contributed by atoms with Crippen LogP contribution in [0.25, 0.3) is 0 Å². The van der Waals surface area contributed by atoms with E-state index in [1.807, 2.05) is 0 Å². The van der Waals surface area contributed by atoms with Crippen molar-refractivity contribution in [3.05, 3.63) is 0 Å². The van der Waals surface area contributed by atoms with Gasteiger partial charge in [-0.25, -0.2) is 0 Å². The van der Waals surface area contributed by atoms with Crippen molar-refractivity contribution >= 4 is 0 Å². The minimum absolute atomic E-state index is 1.00. The third-order valence-electron chi connectivity index (χ3n) is 5.41. The van der Waals surface area contributed by atoms with Gasteiger partial charge in [0.05, 0.1) is 0 Å². The zero-order valence-electron chi connectivity index (χ0n) is 13.4. The summed E-state index contributed by atoms with van der Waals surface area (Å²) in [6.45, 7) is 8.96. The van der Waals surface area contributed by atoms with E-state index < -0.39 is 0 Å². The maximum absolute atomic E-state index is 2.78. The first-order valence-electron chi connectivity index (χ1n) is 9.00. The Morgan fingerprint density at radius 3 is 2.53 bits per heavy atom. The third-order valence-corrected chi connectivity index (χ3v) is 5.41. The van der Waals surface area contributed by atoms with Crippen molar-refractivity contribution in [3.8, 4) is 0 Å². The highest BCUT2D eigenvalue weighted by molar-refractivity contribution is 4.81. The van der Waals surface area contributed by atoms with Gasteiger partial charge < -0.3 is 4.90 Å². The second-order valence-electron chi connectivity index (χ2n) is 7.40. The second kappa shape index (κ2) is 8.29. The zero-order valence-corrected chi connectivity index (χ0v) is 13.4. The lowest BCUT2D eigenvalue weighted by molar-refractivity contribution is 0.265. The van der Waals surface area contributed by atoms with Crippen LogP contribution in [0.4, 0.5) is 0 Å². The molecule has 0 aromatic heterocycles. The number of unbranched alkanes of at least 4 members (excludes halogenated alkanes) is 4. The lowest BCUT2D eigenvalue weighted by Gasteiger charge is -2.20. The highest BCUT2D eigenvalue weighted by Gasteiger charge is 2.27. The maximum atomic E-state index is 2.78. The number of hydrogen-bond donors (Lipinski definition) is 0. The first-order valence-corrected chi connectivity index (χ1v) is 9.00. The van der Waals surface area contributed by atoms with Gasteiger partial charge in [0, 0.05) is 13.1 Å². The van der Waals surface area contributed by atoms with E-state index in [0.29, 0.717) is 0 Å². The molecule has 1 unspecified atom stereocenters. The fraction of sp³-hybridized carbons (Fsp3) is 1.00. The first-order chi connectivity index (χ1) is 9.28. The minimum atomic E-state index is 1.00. The van der Waals surface area contributed by atoms with Crippen LogP contribution in [0.5, 0.6) is 0 Å². The van der Waals surface area contributed by atoms with Crippen LogP contribution in [-0.4, -0.2) is 24.5 Å². The van der Waals surface area contributed by atoms with E-state index in [1.54, 1.807) is 0 Å². The van der Waals surface area contributed by atoms with Crippen molar-refractivity contribution < 1.29 is 0 Å². The molecular formula is C18H35N. The van der Waals surface area contributed by atoms with E-state index in [4.69, 9.17) is 0 Å². The molecule has 2 rings (SSSR count). The standard InChI is InChI=1S/C18H35N/c1-3-4-5-6-7-8-17-11-12-19(14-17)15-18-10-9-16(2)13-18/h16-18H,3-15H2,1-2H3/t16-,17-,18?/m1/s1. The summed E-state index contributed by atoms with van der Waals surface area (Å²) in [5.74, 6) is 3.06. The molecule has 1 heteroatoms. The van der Waals surface area contributed by atoms with Crippen molar-refractivity contribution in [2.45, 2.75) is 78.1 Å². The minimum Gasteiger partial charge on any atom is -0.303 e. The average Bonchev–Trinajstić information content (AvgIpc) is 2.99. The summed E-state index contributed by atoms with van der Waals surface area (Å²) in [6.07, 6.45) is 14.7. The molecule has 0 radical (unpaired) electrons. The molecule has 1 aliphatic carbocycles. The van der Waals surface area contributed by atoms with Crippen LogP contribution < -0.4 is 0 Å². The van der Waals surface area contributed by atoms with Gasteiger partial charge in [-0.05, 0) is 50.0 Å². The normalized spacial score (nSPS) is 32.2. The van der Waals surface area contributed by atoms with Gasteiger partial charge >= 0.3 is 0 Å². The summed E-state index contributed by atoms with van der Waals surface area (Å²) < 4.78 is 0. The maximum Gasteiger partial charge on any atom is 0.00102 e. The fourth-order valence-corrected chi connectivity index (χ4v) is 4.21. The van der Waals surface area contributed by atoms with Crippen LogP contribution in [0.3, 0.4) is 0 Å². The number of hydrogen-bond acceptors (Lipinski definition) is 1. The lowest BCUT2D eigenvalue weighted by Crippen LogP contribution is -2.26. The first kappa shape index (κ1) is 15.4. The smallest absolute Gasteiger partial charge is 0.00102 e. The van der Waals surface area contributed by atoms with Gasteiger partial charge in [0.1, 0.15) is 0 Å². The molecule has 1 heterocycles. The topological polar surface area (TPSA) is 3.24 Å². The Hall–Kier alpha value is -0.0400. The summed E-state index contributed by atoms with van der Waals surface area (Å²) in [7, 11) is 0. The summed E-state index contributed by atoms with van der Waals surface area (Å²) in [4.78, 5) is 2.78. The van der Waals surface area contributed by atoms with Gasteiger partial charge in [-0.15, -0.1) is 0 Å². The Kier molecular flexibility index (Phi) is 6.70. The van der Waals surface area contributed by atoms with Crippen molar-refractivity contribution in [1.82, 2.24) is 4.90 Å². The molecule has 19 heavy (non-hydrogen) atoms. The molecule has 1 nitrogen and oxygen atoms in total. The number of nitrogens with zero attached hydrogens (tertiary/aromatic N) is 1. The van der Waals surface area contributed by atoms with Crippen LogP contribution in [0.15, 0.2) is 0 Å². The molecule has 2 aliphatic rings. The van der Waals surface area contributed by atoms with Gasteiger partial charge in [0.25, 0.3) is 0 Å². The van der Waals surface area contributed by atoms with Crippen molar-refractivity contribution in [2.24, 2.45) is 17.8 Å². The van der Waals surface area contributed by atoms with Gasteiger partial charge in [0.15, 0.2) is 0 Å². The van der Waals surface area contributed by atoms with Gasteiger partial charge in [0.2, 0.25) is 0 Å². The molecule has 0 bridgehead atoms. The van der Waals surface area contributed by atoms with Crippen LogP contribution in [-0.2, 0) is 0 Å². The van der Waals surface area contributed by atoms with E-state index in [1.165, 1.54) is 83.8 Å². The van der Waals surface area contributed by atoms with Crippen LogP contribution in [0, 0.1) is 17.8 Å². The van der Waals surface area contributed by atoms with Crippen LogP contribution >= 0.6 is 0 Å². The summed E-state index contributed by atoms with van der Waals surface area (Å²) in [5, 5.41) is 0. The summed E-state index contributed by atoms with van der Waals surface area (Å²) >= 11 is 0. The molecule has 2 fully saturated rings. The Labute approximate surface area is 121 Å². The van der Waals surface area contributed by atoms with Crippen LogP contribution in [0.1, 0.15) is 78.1 Å². The summed E-state index contributed by atoms with van der Waals surface area (Å²) in [5.41, 5.74) is 0. The molecular weight excluding hydrogens is 230 g/mol. The van der Waals surface area contributed by atoms with Crippen molar-refractivity contribution in [3.63, 3.8) is 0 Å². The highest BCUT2D eigenvalue weighted by atomic mass is 15.1. The fourth-order valence-electron chi connectivity index (χ4n) is 4.21. The van der Waals surface area contributed by atoms with Crippen LogP contribution in [0.2, 0.25) is 0 Å². The predicted octanol–water partition coefficient (Wildman–Crippen LogP) is 5.11. The number of rotatable bonds is 8. The monoisotopic (exact) mass is 265 g/mol. The molecule has 112 valence electrons. The molecule has 1 aliphatic heterocycles. The summed E-state index contributed by atoms with van der Waals surface area (Å²) in [6, 6.07) is 0. The molecule has 0 spiro atoms. The molecule has 1 saturated heterocycles. The van der Waals surface area contributed by atoms with E-state index >= 15 is 0 Å². The third kappa shape index (κ3) is 5.45. The Morgan fingerprint density at radius 1 is 0.947 bits per heavy atom. The predicted molar refractivity (Wildman–Crippen MR) is 84.4 cm³/mol. The Balaban J connectivity index is 1.53. The zero-order chi connectivity index (χ0) is 13.5. The number of likely N-dealkylation sites (tertiary alicyclic amines) is 1.